The van der Waals surface area contributed by atoms with Crippen molar-refractivity contribution in [1.82, 2.24) is 4.72 Å². The van der Waals surface area contributed by atoms with Gasteiger partial charge < -0.3 is 4.74 Å². The molecular formula is C17H20FNO3S. The molecule has 0 saturated carbocycles. The highest BCUT2D eigenvalue weighted by Crippen LogP contribution is 2.24. The first-order valence-electron chi connectivity index (χ1n) is 7.32. The molecule has 0 aromatic heterocycles. The summed E-state index contributed by atoms with van der Waals surface area (Å²) in [4.78, 5) is 0.184. The second-order valence-electron chi connectivity index (χ2n) is 5.22. The zero-order valence-electron chi connectivity index (χ0n) is 13.3. The van der Waals surface area contributed by atoms with Crippen LogP contribution in [0.15, 0.2) is 47.4 Å². The van der Waals surface area contributed by atoms with Gasteiger partial charge in [-0.25, -0.2) is 17.5 Å². The molecule has 6 heteroatoms. The minimum absolute atomic E-state index is 0.184. The van der Waals surface area contributed by atoms with Gasteiger partial charge in [0.1, 0.15) is 11.6 Å². The van der Waals surface area contributed by atoms with Gasteiger partial charge in [0.15, 0.2) is 0 Å². The lowest BCUT2D eigenvalue weighted by Gasteiger charge is -2.16. The van der Waals surface area contributed by atoms with Gasteiger partial charge in [0.2, 0.25) is 10.0 Å². The summed E-state index contributed by atoms with van der Waals surface area (Å²) in [6.45, 7) is 3.65. The standard InChI is InChI=1S/C17H20FNO3S/c1-4-13-11-16(9-10-17(13)22-3)23(20,21)19-12(2)14-5-7-15(18)8-6-14/h5-12,19H,4H2,1-3H3. The van der Waals surface area contributed by atoms with Gasteiger partial charge >= 0.3 is 0 Å². The summed E-state index contributed by atoms with van der Waals surface area (Å²) in [5.41, 5.74) is 1.52. The van der Waals surface area contributed by atoms with Crippen molar-refractivity contribution in [3.63, 3.8) is 0 Å². The van der Waals surface area contributed by atoms with Crippen LogP contribution in [-0.2, 0) is 16.4 Å². The summed E-state index contributed by atoms with van der Waals surface area (Å²) in [6.07, 6.45) is 0.667. The monoisotopic (exact) mass is 337 g/mol. The van der Waals surface area contributed by atoms with E-state index in [1.807, 2.05) is 6.92 Å². The van der Waals surface area contributed by atoms with Crippen molar-refractivity contribution in [1.29, 1.82) is 0 Å². The summed E-state index contributed by atoms with van der Waals surface area (Å²) in [7, 11) is -2.12. The van der Waals surface area contributed by atoms with Crippen LogP contribution in [0.4, 0.5) is 4.39 Å². The van der Waals surface area contributed by atoms with Gasteiger partial charge in [-0.05, 0) is 54.8 Å². The van der Waals surface area contributed by atoms with Crippen LogP contribution in [0.1, 0.15) is 31.0 Å². The maximum absolute atomic E-state index is 13.0. The van der Waals surface area contributed by atoms with Gasteiger partial charge in [0.05, 0.1) is 12.0 Å². The highest BCUT2D eigenvalue weighted by molar-refractivity contribution is 7.89. The number of rotatable bonds is 6. The Morgan fingerprint density at radius 1 is 1.17 bits per heavy atom. The minimum atomic E-state index is -3.67. The molecule has 0 heterocycles. The van der Waals surface area contributed by atoms with Gasteiger partial charge in [-0.1, -0.05) is 19.1 Å². The number of benzene rings is 2. The number of methoxy groups -OCH3 is 1. The zero-order valence-corrected chi connectivity index (χ0v) is 14.2. The van der Waals surface area contributed by atoms with Crippen LogP contribution in [0.3, 0.4) is 0 Å². The molecule has 0 spiro atoms. The molecule has 0 radical (unpaired) electrons. The van der Waals surface area contributed by atoms with Crippen molar-refractivity contribution in [2.75, 3.05) is 7.11 Å². The Hall–Kier alpha value is -1.92. The molecule has 0 aliphatic rings. The van der Waals surface area contributed by atoms with E-state index in [9.17, 15) is 12.8 Å². The van der Waals surface area contributed by atoms with Crippen LogP contribution in [0, 0.1) is 5.82 Å². The number of halogens is 1. The molecule has 124 valence electrons. The second-order valence-corrected chi connectivity index (χ2v) is 6.94. The van der Waals surface area contributed by atoms with Crippen LogP contribution in [0.2, 0.25) is 0 Å². The lowest BCUT2D eigenvalue weighted by atomic mass is 10.1. The number of hydrogen-bond donors (Lipinski definition) is 1. The van der Waals surface area contributed by atoms with E-state index in [0.29, 0.717) is 17.7 Å². The predicted molar refractivity (Wildman–Crippen MR) is 87.5 cm³/mol. The first-order chi connectivity index (χ1) is 10.9. The first-order valence-corrected chi connectivity index (χ1v) is 8.80. The van der Waals surface area contributed by atoms with Crippen LogP contribution in [-0.4, -0.2) is 15.5 Å². The Morgan fingerprint density at radius 3 is 2.39 bits per heavy atom. The van der Waals surface area contributed by atoms with Gasteiger partial charge in [-0.15, -0.1) is 0 Å². The molecule has 1 unspecified atom stereocenters. The molecule has 0 aliphatic heterocycles. The van der Waals surface area contributed by atoms with Crippen molar-refractivity contribution < 1.29 is 17.5 Å². The van der Waals surface area contributed by atoms with E-state index in [1.165, 1.54) is 18.2 Å². The van der Waals surface area contributed by atoms with Crippen LogP contribution in [0.25, 0.3) is 0 Å². The molecule has 23 heavy (non-hydrogen) atoms. The number of aryl methyl sites for hydroxylation is 1. The first kappa shape index (κ1) is 17.4. The average molecular weight is 337 g/mol. The third-order valence-corrected chi connectivity index (χ3v) is 5.18. The van der Waals surface area contributed by atoms with E-state index in [0.717, 1.165) is 5.56 Å². The molecule has 0 fully saturated rings. The number of nitrogens with one attached hydrogen (secondary N) is 1. The lowest BCUT2D eigenvalue weighted by Crippen LogP contribution is -2.27. The van der Waals surface area contributed by atoms with Crippen molar-refractivity contribution in [2.45, 2.75) is 31.2 Å². The molecule has 0 aliphatic carbocycles. The minimum Gasteiger partial charge on any atom is -0.496 e. The van der Waals surface area contributed by atoms with Gasteiger partial charge in [-0.2, -0.15) is 0 Å². The van der Waals surface area contributed by atoms with Gasteiger partial charge in [0.25, 0.3) is 0 Å². The molecule has 0 bridgehead atoms. The summed E-state index contributed by atoms with van der Waals surface area (Å²) < 4.78 is 45.8. The highest BCUT2D eigenvalue weighted by Gasteiger charge is 2.19. The second kappa shape index (κ2) is 7.10. The van der Waals surface area contributed by atoms with Crippen molar-refractivity contribution in [3.05, 3.63) is 59.4 Å². The summed E-state index contributed by atoms with van der Waals surface area (Å²) in [6, 6.07) is 10.0. The van der Waals surface area contributed by atoms with Crippen LogP contribution >= 0.6 is 0 Å². The quantitative estimate of drug-likeness (QED) is 0.878. The molecule has 1 N–H and O–H groups in total. The molecule has 2 aromatic rings. The van der Waals surface area contributed by atoms with Gasteiger partial charge in [-0.3, -0.25) is 0 Å². The maximum atomic E-state index is 13.0. The topological polar surface area (TPSA) is 55.4 Å². The Bertz CT molecular complexity index is 773. The normalized spacial score (nSPS) is 12.9. The summed E-state index contributed by atoms with van der Waals surface area (Å²) in [5.74, 6) is 0.310. The number of sulfonamides is 1. The zero-order chi connectivity index (χ0) is 17.0. The molecule has 2 aromatic carbocycles. The van der Waals surface area contributed by atoms with Crippen molar-refractivity contribution in [3.8, 4) is 5.75 Å². The summed E-state index contributed by atoms with van der Waals surface area (Å²) in [5, 5.41) is 0. The smallest absolute Gasteiger partial charge is 0.241 e. The third-order valence-electron chi connectivity index (χ3n) is 3.65. The number of ether oxygens (including phenoxy) is 1. The molecule has 4 nitrogen and oxygen atoms in total. The van der Waals surface area contributed by atoms with E-state index in [2.05, 4.69) is 4.72 Å². The molecule has 0 amide bonds. The molecule has 0 saturated heterocycles. The molecular weight excluding hydrogens is 317 g/mol. The van der Waals surface area contributed by atoms with E-state index >= 15 is 0 Å². The summed E-state index contributed by atoms with van der Waals surface area (Å²) >= 11 is 0. The third kappa shape index (κ3) is 4.09. The maximum Gasteiger partial charge on any atom is 0.241 e. The SMILES string of the molecule is CCc1cc(S(=O)(=O)NC(C)c2ccc(F)cc2)ccc1OC. The Kier molecular flexibility index (Phi) is 5.38. The average Bonchev–Trinajstić information content (AvgIpc) is 2.54. The molecule has 1 atom stereocenters. The predicted octanol–water partition coefficient (Wildman–Crippen LogP) is 3.44. The fraction of sp³-hybridized carbons (Fsp3) is 0.294. The fourth-order valence-electron chi connectivity index (χ4n) is 2.32. The largest absolute Gasteiger partial charge is 0.496 e. The van der Waals surface area contributed by atoms with E-state index < -0.39 is 16.1 Å². The number of hydrogen-bond acceptors (Lipinski definition) is 3. The Labute approximate surface area is 136 Å². The Morgan fingerprint density at radius 2 is 1.83 bits per heavy atom. The van der Waals surface area contributed by atoms with Crippen LogP contribution in [0.5, 0.6) is 5.75 Å². The van der Waals surface area contributed by atoms with Crippen molar-refractivity contribution >= 4 is 10.0 Å². The lowest BCUT2D eigenvalue weighted by molar-refractivity contribution is 0.409. The van der Waals surface area contributed by atoms with E-state index in [-0.39, 0.29) is 10.7 Å². The van der Waals surface area contributed by atoms with Crippen LogP contribution < -0.4 is 9.46 Å². The fourth-order valence-corrected chi connectivity index (χ4v) is 3.60. The van der Waals surface area contributed by atoms with E-state index in [4.69, 9.17) is 4.74 Å². The van der Waals surface area contributed by atoms with Gasteiger partial charge in [0, 0.05) is 6.04 Å². The highest BCUT2D eigenvalue weighted by atomic mass is 32.2. The Balaban J connectivity index is 2.26. The van der Waals surface area contributed by atoms with E-state index in [1.54, 1.807) is 38.3 Å². The van der Waals surface area contributed by atoms with Crippen molar-refractivity contribution in [2.24, 2.45) is 0 Å². The molecule has 2 rings (SSSR count).